The van der Waals surface area contributed by atoms with Crippen molar-refractivity contribution in [1.82, 2.24) is 0 Å². The van der Waals surface area contributed by atoms with Crippen LogP contribution in [0, 0.1) is 11.6 Å². The third-order valence-corrected chi connectivity index (χ3v) is 4.13. The quantitative estimate of drug-likeness (QED) is 0.537. The van der Waals surface area contributed by atoms with E-state index in [1.54, 1.807) is 6.07 Å². The molecule has 28 heavy (non-hydrogen) atoms. The van der Waals surface area contributed by atoms with Crippen molar-refractivity contribution < 1.29 is 22.7 Å². The van der Waals surface area contributed by atoms with Crippen molar-refractivity contribution in [3.63, 3.8) is 0 Å². The SMILES string of the molecule is O=C(COc1ccccc1F)Nc1ccc2c(=O)c3cccc(F)c3oc2c1. The maximum Gasteiger partial charge on any atom is 0.262 e. The van der Waals surface area contributed by atoms with Crippen LogP contribution >= 0.6 is 0 Å². The molecule has 5 nitrogen and oxygen atoms in total. The Morgan fingerprint density at radius 2 is 1.75 bits per heavy atom. The molecule has 3 aromatic carbocycles. The molecule has 0 aliphatic carbocycles. The number of carbonyl (C=O) groups excluding carboxylic acids is 1. The van der Waals surface area contributed by atoms with Gasteiger partial charge in [0.05, 0.1) is 10.8 Å². The molecule has 0 bridgehead atoms. The summed E-state index contributed by atoms with van der Waals surface area (Å²) in [7, 11) is 0. The molecular weight excluding hydrogens is 368 g/mol. The lowest BCUT2D eigenvalue weighted by Gasteiger charge is -2.09. The van der Waals surface area contributed by atoms with Gasteiger partial charge in [-0.05, 0) is 36.4 Å². The van der Waals surface area contributed by atoms with Crippen LogP contribution in [0.25, 0.3) is 21.9 Å². The third kappa shape index (κ3) is 3.29. The van der Waals surface area contributed by atoms with Crippen molar-refractivity contribution in [2.45, 2.75) is 0 Å². The van der Waals surface area contributed by atoms with E-state index in [0.717, 1.165) is 0 Å². The van der Waals surface area contributed by atoms with Gasteiger partial charge in [-0.1, -0.05) is 18.2 Å². The Bertz CT molecular complexity index is 1270. The van der Waals surface area contributed by atoms with Crippen LogP contribution in [0.1, 0.15) is 0 Å². The molecule has 0 fully saturated rings. The number of para-hydroxylation sites is 2. The predicted octanol–water partition coefficient (Wildman–Crippen LogP) is 4.24. The van der Waals surface area contributed by atoms with E-state index in [1.807, 2.05) is 0 Å². The lowest BCUT2D eigenvalue weighted by atomic mass is 10.1. The van der Waals surface area contributed by atoms with Crippen LogP contribution in [0.5, 0.6) is 5.75 Å². The number of rotatable bonds is 4. The summed E-state index contributed by atoms with van der Waals surface area (Å²) in [6.45, 7) is -0.407. The number of hydrogen-bond donors (Lipinski definition) is 1. The zero-order valence-corrected chi connectivity index (χ0v) is 14.4. The van der Waals surface area contributed by atoms with Crippen LogP contribution in [0.2, 0.25) is 0 Å². The van der Waals surface area contributed by atoms with E-state index in [0.29, 0.717) is 5.69 Å². The minimum absolute atomic E-state index is 0.0379. The van der Waals surface area contributed by atoms with Gasteiger partial charge in [0, 0.05) is 11.8 Å². The molecule has 0 aliphatic rings. The summed E-state index contributed by atoms with van der Waals surface area (Å²) in [4.78, 5) is 24.6. The molecule has 0 unspecified atom stereocenters. The lowest BCUT2D eigenvalue weighted by molar-refractivity contribution is -0.118. The first kappa shape index (κ1) is 17.7. The molecule has 1 amide bonds. The predicted molar refractivity (Wildman–Crippen MR) is 100 cm³/mol. The summed E-state index contributed by atoms with van der Waals surface area (Å²) in [5, 5.41) is 2.97. The minimum Gasteiger partial charge on any atom is -0.481 e. The van der Waals surface area contributed by atoms with E-state index in [9.17, 15) is 18.4 Å². The fourth-order valence-corrected chi connectivity index (χ4v) is 2.82. The summed E-state index contributed by atoms with van der Waals surface area (Å²) < 4.78 is 38.1. The molecule has 1 aromatic heterocycles. The molecule has 0 saturated heterocycles. The molecule has 1 N–H and O–H groups in total. The Labute approximate surface area is 157 Å². The second kappa shape index (κ2) is 7.11. The zero-order valence-electron chi connectivity index (χ0n) is 14.4. The molecule has 140 valence electrons. The van der Waals surface area contributed by atoms with E-state index in [1.165, 1.54) is 54.6 Å². The number of ether oxygens (including phenoxy) is 1. The van der Waals surface area contributed by atoms with Gasteiger partial charge in [-0.15, -0.1) is 0 Å². The van der Waals surface area contributed by atoms with E-state index >= 15 is 0 Å². The first-order valence-electron chi connectivity index (χ1n) is 8.35. The second-order valence-corrected chi connectivity index (χ2v) is 6.03. The minimum atomic E-state index is -0.649. The molecule has 0 aliphatic heterocycles. The van der Waals surface area contributed by atoms with Crippen LogP contribution in [-0.4, -0.2) is 12.5 Å². The van der Waals surface area contributed by atoms with Gasteiger partial charge in [0.25, 0.3) is 5.91 Å². The molecule has 1 heterocycles. The highest BCUT2D eigenvalue weighted by Gasteiger charge is 2.12. The maximum atomic E-state index is 13.9. The van der Waals surface area contributed by atoms with E-state index in [2.05, 4.69) is 5.32 Å². The Hall–Kier alpha value is -3.74. The maximum absolute atomic E-state index is 13.9. The number of benzene rings is 3. The van der Waals surface area contributed by atoms with Crippen LogP contribution in [0.3, 0.4) is 0 Å². The monoisotopic (exact) mass is 381 g/mol. The molecule has 7 heteroatoms. The molecule has 0 atom stereocenters. The Balaban J connectivity index is 1.58. The highest BCUT2D eigenvalue weighted by Crippen LogP contribution is 2.23. The van der Waals surface area contributed by atoms with E-state index in [4.69, 9.17) is 9.15 Å². The van der Waals surface area contributed by atoms with Crippen LogP contribution < -0.4 is 15.5 Å². The van der Waals surface area contributed by atoms with E-state index < -0.39 is 24.1 Å². The van der Waals surface area contributed by atoms with Gasteiger partial charge in [0.15, 0.2) is 29.6 Å². The average molecular weight is 381 g/mol. The first-order chi connectivity index (χ1) is 13.5. The smallest absolute Gasteiger partial charge is 0.262 e. The van der Waals surface area contributed by atoms with Crippen molar-refractivity contribution in [2.24, 2.45) is 0 Å². The highest BCUT2D eigenvalue weighted by atomic mass is 19.1. The van der Waals surface area contributed by atoms with Gasteiger partial charge in [0.2, 0.25) is 5.43 Å². The van der Waals surface area contributed by atoms with Crippen molar-refractivity contribution in [2.75, 3.05) is 11.9 Å². The average Bonchev–Trinajstić information content (AvgIpc) is 2.68. The fraction of sp³-hybridized carbons (Fsp3) is 0.0476. The number of hydrogen-bond acceptors (Lipinski definition) is 4. The van der Waals surface area contributed by atoms with Gasteiger partial charge in [0.1, 0.15) is 5.58 Å². The standard InChI is InChI=1S/C21H13F2NO4/c22-15-5-1-2-7-17(15)27-11-19(25)24-12-8-9-13-18(10-12)28-21-14(20(13)26)4-3-6-16(21)23/h1-10H,11H2,(H,24,25). The number of amides is 1. The zero-order chi connectivity index (χ0) is 19.7. The largest absolute Gasteiger partial charge is 0.481 e. The first-order valence-corrected chi connectivity index (χ1v) is 8.35. The number of nitrogens with one attached hydrogen (secondary N) is 1. The summed E-state index contributed by atoms with van der Waals surface area (Å²) in [5.41, 5.74) is -0.0493. The molecule has 0 radical (unpaired) electrons. The lowest BCUT2D eigenvalue weighted by Crippen LogP contribution is -2.20. The summed E-state index contributed by atoms with van der Waals surface area (Å²) in [6, 6.07) is 14.3. The second-order valence-electron chi connectivity index (χ2n) is 6.03. The van der Waals surface area contributed by atoms with Crippen LogP contribution in [-0.2, 0) is 4.79 Å². The topological polar surface area (TPSA) is 68.5 Å². The van der Waals surface area contributed by atoms with Crippen LogP contribution in [0.4, 0.5) is 14.5 Å². The Morgan fingerprint density at radius 3 is 2.57 bits per heavy atom. The molecule has 4 aromatic rings. The molecular formula is C21H13F2NO4. The number of anilines is 1. The normalized spacial score (nSPS) is 10.9. The van der Waals surface area contributed by atoms with Crippen molar-refractivity contribution in [3.8, 4) is 5.75 Å². The van der Waals surface area contributed by atoms with Gasteiger partial charge in [-0.25, -0.2) is 8.78 Å². The van der Waals surface area contributed by atoms with E-state index in [-0.39, 0.29) is 33.1 Å². The Kier molecular flexibility index (Phi) is 4.49. The summed E-state index contributed by atoms with van der Waals surface area (Å²) >= 11 is 0. The molecule has 4 rings (SSSR count). The van der Waals surface area contributed by atoms with Crippen LogP contribution in [0.15, 0.2) is 69.9 Å². The third-order valence-electron chi connectivity index (χ3n) is 4.13. The van der Waals surface area contributed by atoms with Crippen molar-refractivity contribution in [3.05, 3.63) is 82.5 Å². The summed E-state index contributed by atoms with van der Waals surface area (Å²) in [6.07, 6.45) is 0. The fourth-order valence-electron chi connectivity index (χ4n) is 2.82. The number of fused-ring (bicyclic) bond motifs is 2. The van der Waals surface area contributed by atoms with Crippen molar-refractivity contribution in [1.29, 1.82) is 0 Å². The van der Waals surface area contributed by atoms with Gasteiger partial charge < -0.3 is 14.5 Å². The van der Waals surface area contributed by atoms with Gasteiger partial charge in [-0.3, -0.25) is 9.59 Å². The number of halogens is 2. The van der Waals surface area contributed by atoms with Gasteiger partial charge in [-0.2, -0.15) is 0 Å². The summed E-state index contributed by atoms with van der Waals surface area (Å²) in [5.74, 6) is -1.79. The molecule has 0 saturated carbocycles. The molecule has 0 spiro atoms. The highest BCUT2D eigenvalue weighted by molar-refractivity contribution is 5.96. The number of carbonyl (C=O) groups is 1. The van der Waals surface area contributed by atoms with Gasteiger partial charge >= 0.3 is 0 Å². The Morgan fingerprint density at radius 1 is 0.964 bits per heavy atom. The van der Waals surface area contributed by atoms with Crippen molar-refractivity contribution >= 4 is 33.5 Å².